The van der Waals surface area contributed by atoms with Gasteiger partial charge < -0.3 is 10.1 Å². The van der Waals surface area contributed by atoms with Crippen LogP contribution in [0.3, 0.4) is 0 Å². The molecule has 0 fully saturated rings. The van der Waals surface area contributed by atoms with Gasteiger partial charge in [0.25, 0.3) is 5.91 Å². The Morgan fingerprint density at radius 3 is 2.59 bits per heavy atom. The van der Waals surface area contributed by atoms with Crippen molar-refractivity contribution in [2.24, 2.45) is 0 Å². The summed E-state index contributed by atoms with van der Waals surface area (Å²) in [6.07, 6.45) is 0. The van der Waals surface area contributed by atoms with Crippen LogP contribution in [-0.2, 0) is 0 Å². The number of ether oxygens (including phenoxy) is 1. The molecule has 1 heterocycles. The van der Waals surface area contributed by atoms with Crippen LogP contribution in [0.4, 0.5) is 5.69 Å². The number of hydrogen-bond donors (Lipinski definition) is 1. The molecule has 3 aromatic carbocycles. The van der Waals surface area contributed by atoms with Gasteiger partial charge >= 0.3 is 0 Å². The van der Waals surface area contributed by atoms with Crippen molar-refractivity contribution < 1.29 is 9.53 Å². The average Bonchev–Trinajstić information content (AvgIpc) is 3.13. The van der Waals surface area contributed by atoms with E-state index in [0.29, 0.717) is 15.7 Å². The Morgan fingerprint density at radius 2 is 1.83 bits per heavy atom. The van der Waals surface area contributed by atoms with Gasteiger partial charge in [-0.3, -0.25) is 4.79 Å². The van der Waals surface area contributed by atoms with Crippen LogP contribution in [0.1, 0.15) is 10.4 Å². The second-order valence-electron chi connectivity index (χ2n) is 6.10. The van der Waals surface area contributed by atoms with Crippen molar-refractivity contribution in [3.8, 4) is 16.3 Å². The molecule has 0 spiro atoms. The Hall–Kier alpha value is -2.31. The van der Waals surface area contributed by atoms with Gasteiger partial charge in [0.15, 0.2) is 0 Å². The molecule has 4 nitrogen and oxygen atoms in total. The monoisotopic (exact) mass is 462 g/mol. The highest BCUT2D eigenvalue weighted by Gasteiger charge is 2.18. The van der Waals surface area contributed by atoms with E-state index in [2.05, 4.69) is 10.3 Å². The van der Waals surface area contributed by atoms with Crippen LogP contribution in [0.15, 0.2) is 54.6 Å². The van der Waals surface area contributed by atoms with Gasteiger partial charge in [-0.25, -0.2) is 4.98 Å². The van der Waals surface area contributed by atoms with Crippen LogP contribution in [-0.4, -0.2) is 18.0 Å². The van der Waals surface area contributed by atoms with E-state index >= 15 is 0 Å². The lowest BCUT2D eigenvalue weighted by atomic mass is 10.1. The number of nitrogens with zero attached hydrogens (tertiary/aromatic N) is 1. The molecular formula is C21H13Cl3N2O2S. The molecule has 8 heteroatoms. The van der Waals surface area contributed by atoms with E-state index in [1.54, 1.807) is 23.5 Å². The van der Waals surface area contributed by atoms with Crippen molar-refractivity contribution in [3.63, 3.8) is 0 Å². The lowest BCUT2D eigenvalue weighted by Crippen LogP contribution is -2.14. The molecule has 29 heavy (non-hydrogen) atoms. The quantitative estimate of drug-likeness (QED) is 0.348. The van der Waals surface area contributed by atoms with E-state index in [1.807, 2.05) is 30.3 Å². The first kappa shape index (κ1) is 20.0. The average molecular weight is 464 g/mol. The van der Waals surface area contributed by atoms with Gasteiger partial charge in [0.05, 0.1) is 38.6 Å². The van der Waals surface area contributed by atoms with Gasteiger partial charge in [-0.05, 0) is 36.4 Å². The number of halogens is 3. The van der Waals surface area contributed by atoms with Gasteiger partial charge in [-0.15, -0.1) is 11.3 Å². The molecule has 0 saturated carbocycles. The lowest BCUT2D eigenvalue weighted by Gasteiger charge is -2.13. The van der Waals surface area contributed by atoms with Crippen molar-refractivity contribution in [1.82, 2.24) is 4.98 Å². The van der Waals surface area contributed by atoms with E-state index in [-0.39, 0.29) is 16.3 Å². The highest BCUT2D eigenvalue weighted by atomic mass is 35.5. The van der Waals surface area contributed by atoms with Crippen molar-refractivity contribution in [3.05, 3.63) is 75.2 Å². The number of aromatic nitrogens is 1. The maximum Gasteiger partial charge on any atom is 0.259 e. The van der Waals surface area contributed by atoms with E-state index < -0.39 is 5.91 Å². The molecule has 4 aromatic rings. The molecule has 0 aliphatic carbocycles. The smallest absolute Gasteiger partial charge is 0.259 e. The highest BCUT2D eigenvalue weighted by molar-refractivity contribution is 7.21. The minimum Gasteiger partial charge on any atom is -0.494 e. The molecular weight excluding hydrogens is 451 g/mol. The van der Waals surface area contributed by atoms with Gasteiger partial charge in [0.1, 0.15) is 10.8 Å². The SMILES string of the molecule is COc1c(Cl)cc(Cl)cc1C(=O)Nc1cc(-c2nc3ccccc3s2)ccc1Cl. The Labute approximate surface area is 186 Å². The predicted octanol–water partition coefficient (Wildman–Crippen LogP) is 7.18. The van der Waals surface area contributed by atoms with Crippen molar-refractivity contribution in [1.29, 1.82) is 0 Å². The summed E-state index contributed by atoms with van der Waals surface area (Å²) in [7, 11) is 1.44. The van der Waals surface area contributed by atoms with Crippen LogP contribution in [0.25, 0.3) is 20.8 Å². The molecule has 0 aliphatic heterocycles. The third kappa shape index (κ3) is 4.05. The maximum absolute atomic E-state index is 12.9. The number of fused-ring (bicyclic) bond motifs is 1. The van der Waals surface area contributed by atoms with Crippen LogP contribution >= 0.6 is 46.1 Å². The van der Waals surface area contributed by atoms with Crippen molar-refractivity contribution >= 4 is 68.0 Å². The number of benzene rings is 3. The molecule has 0 radical (unpaired) electrons. The third-order valence-corrected chi connectivity index (χ3v) is 6.13. The molecule has 0 bridgehead atoms. The highest BCUT2D eigenvalue weighted by Crippen LogP contribution is 2.36. The zero-order valence-corrected chi connectivity index (χ0v) is 18.1. The van der Waals surface area contributed by atoms with E-state index in [1.165, 1.54) is 19.2 Å². The van der Waals surface area contributed by atoms with Crippen LogP contribution in [0.5, 0.6) is 5.75 Å². The number of methoxy groups -OCH3 is 1. The van der Waals surface area contributed by atoms with Crippen LogP contribution in [0.2, 0.25) is 15.1 Å². The second-order valence-corrected chi connectivity index (χ2v) is 8.39. The van der Waals surface area contributed by atoms with Crippen LogP contribution in [0, 0.1) is 0 Å². The minimum atomic E-state index is -0.436. The molecule has 0 unspecified atom stereocenters. The number of para-hydroxylation sites is 1. The zero-order chi connectivity index (χ0) is 20.5. The molecule has 0 atom stereocenters. The molecule has 1 N–H and O–H groups in total. The number of carbonyl (C=O) groups is 1. The summed E-state index contributed by atoms with van der Waals surface area (Å²) in [6, 6.07) is 16.3. The molecule has 0 aliphatic rings. The van der Waals surface area contributed by atoms with Crippen LogP contribution < -0.4 is 10.1 Å². The molecule has 0 saturated heterocycles. The van der Waals surface area contributed by atoms with Crippen molar-refractivity contribution in [2.45, 2.75) is 0 Å². The first-order valence-corrected chi connectivity index (χ1v) is 10.4. The second kappa shape index (κ2) is 8.20. The Kier molecular flexibility index (Phi) is 5.65. The summed E-state index contributed by atoms with van der Waals surface area (Å²) in [5.74, 6) is -0.193. The van der Waals surface area contributed by atoms with Gasteiger partial charge in [0, 0.05) is 10.6 Å². The summed E-state index contributed by atoms with van der Waals surface area (Å²) in [4.78, 5) is 17.5. The van der Waals surface area contributed by atoms with E-state index in [0.717, 1.165) is 20.8 Å². The lowest BCUT2D eigenvalue weighted by molar-refractivity contribution is 0.102. The number of hydrogen-bond acceptors (Lipinski definition) is 4. The maximum atomic E-state index is 12.9. The standard InChI is InChI=1S/C21H13Cl3N2O2S/c1-28-19-13(9-12(22)10-15(19)24)20(27)25-17-8-11(6-7-14(17)23)21-26-16-4-2-3-5-18(16)29-21/h2-10H,1H3,(H,25,27). The van der Waals surface area contributed by atoms with E-state index in [4.69, 9.17) is 39.5 Å². The summed E-state index contributed by atoms with van der Waals surface area (Å²) >= 11 is 20.1. The fourth-order valence-corrected chi connectivity index (χ4v) is 4.57. The summed E-state index contributed by atoms with van der Waals surface area (Å²) in [5.41, 5.74) is 2.44. The summed E-state index contributed by atoms with van der Waals surface area (Å²) in [5, 5.41) is 4.62. The topological polar surface area (TPSA) is 51.2 Å². The number of amides is 1. The largest absolute Gasteiger partial charge is 0.494 e. The minimum absolute atomic E-state index is 0.214. The normalized spacial score (nSPS) is 10.9. The molecule has 146 valence electrons. The Bertz CT molecular complexity index is 1210. The summed E-state index contributed by atoms with van der Waals surface area (Å²) < 4.78 is 6.34. The summed E-state index contributed by atoms with van der Waals surface area (Å²) in [6.45, 7) is 0. The molecule has 4 rings (SSSR count). The first-order chi connectivity index (χ1) is 14.0. The van der Waals surface area contributed by atoms with Gasteiger partial charge in [-0.1, -0.05) is 53.0 Å². The fraction of sp³-hybridized carbons (Fsp3) is 0.0476. The molecule has 1 amide bonds. The fourth-order valence-electron chi connectivity index (χ4n) is 2.88. The Balaban J connectivity index is 1.69. The zero-order valence-electron chi connectivity index (χ0n) is 15.0. The van der Waals surface area contributed by atoms with Crippen molar-refractivity contribution in [2.75, 3.05) is 12.4 Å². The number of thiazole rings is 1. The first-order valence-electron chi connectivity index (χ1n) is 8.46. The number of carbonyl (C=O) groups excluding carboxylic acids is 1. The molecule has 1 aromatic heterocycles. The third-order valence-electron chi connectivity index (χ3n) is 4.21. The van der Waals surface area contributed by atoms with Gasteiger partial charge in [0.2, 0.25) is 0 Å². The number of rotatable bonds is 4. The number of anilines is 1. The number of nitrogens with one attached hydrogen (secondary N) is 1. The Morgan fingerprint density at radius 1 is 1.03 bits per heavy atom. The predicted molar refractivity (Wildman–Crippen MR) is 121 cm³/mol. The van der Waals surface area contributed by atoms with Gasteiger partial charge in [-0.2, -0.15) is 0 Å². The van der Waals surface area contributed by atoms with E-state index in [9.17, 15) is 4.79 Å².